The van der Waals surface area contributed by atoms with Crippen LogP contribution in [-0.2, 0) is 4.74 Å². The third-order valence-electron chi connectivity index (χ3n) is 3.47. The molecule has 3 N–H and O–H groups in total. The molecule has 100 valence electrons. The molecule has 2 rings (SSSR count). The van der Waals surface area contributed by atoms with E-state index in [1.165, 1.54) is 6.07 Å². The van der Waals surface area contributed by atoms with Crippen LogP contribution in [0.2, 0.25) is 0 Å². The lowest BCUT2D eigenvalue weighted by Crippen LogP contribution is -2.31. The van der Waals surface area contributed by atoms with Gasteiger partial charge in [0.15, 0.2) is 11.6 Å². The van der Waals surface area contributed by atoms with Gasteiger partial charge in [-0.15, -0.1) is 0 Å². The SMILES string of the molecule is CC(Nc1c(N)ccc(F)c1F)C1CCOCC1. The van der Waals surface area contributed by atoms with Crippen LogP contribution in [0.3, 0.4) is 0 Å². The molecule has 0 aromatic heterocycles. The van der Waals surface area contributed by atoms with Crippen molar-refractivity contribution in [2.24, 2.45) is 5.92 Å². The summed E-state index contributed by atoms with van der Waals surface area (Å²) < 4.78 is 32.1. The Kier molecular flexibility index (Phi) is 4.01. The average molecular weight is 256 g/mol. The van der Waals surface area contributed by atoms with Gasteiger partial charge in [-0.3, -0.25) is 0 Å². The van der Waals surface area contributed by atoms with E-state index in [-0.39, 0.29) is 17.4 Å². The molecule has 18 heavy (non-hydrogen) atoms. The molecule has 1 aliphatic heterocycles. The van der Waals surface area contributed by atoms with Crippen LogP contribution in [0.1, 0.15) is 19.8 Å². The maximum Gasteiger partial charge on any atom is 0.183 e. The fraction of sp³-hybridized carbons (Fsp3) is 0.538. The van der Waals surface area contributed by atoms with E-state index in [1.807, 2.05) is 6.92 Å². The molecule has 0 spiro atoms. The molecule has 1 unspecified atom stereocenters. The van der Waals surface area contributed by atoms with E-state index in [1.54, 1.807) is 0 Å². The van der Waals surface area contributed by atoms with Crippen LogP contribution >= 0.6 is 0 Å². The van der Waals surface area contributed by atoms with E-state index in [0.717, 1.165) is 32.1 Å². The molecule has 1 heterocycles. The van der Waals surface area contributed by atoms with Gasteiger partial charge in [0.25, 0.3) is 0 Å². The van der Waals surface area contributed by atoms with Gasteiger partial charge in [0.1, 0.15) is 0 Å². The molecule has 0 bridgehead atoms. The first-order chi connectivity index (χ1) is 8.59. The predicted octanol–water partition coefficient (Wildman–Crippen LogP) is 2.77. The maximum absolute atomic E-state index is 13.6. The monoisotopic (exact) mass is 256 g/mol. The standard InChI is InChI=1S/C13H18F2N2O/c1-8(9-4-6-18-7-5-9)17-13-11(16)3-2-10(14)12(13)15/h2-3,8-9,17H,4-7,16H2,1H3. The number of hydrogen-bond donors (Lipinski definition) is 2. The van der Waals surface area contributed by atoms with Crippen LogP contribution in [0.15, 0.2) is 12.1 Å². The molecular formula is C13H18F2N2O. The van der Waals surface area contributed by atoms with Crippen LogP contribution in [0.4, 0.5) is 20.2 Å². The average Bonchev–Trinajstić information content (AvgIpc) is 2.40. The van der Waals surface area contributed by atoms with Crippen LogP contribution < -0.4 is 11.1 Å². The summed E-state index contributed by atoms with van der Waals surface area (Å²) in [6.45, 7) is 3.40. The Morgan fingerprint density at radius 3 is 2.67 bits per heavy atom. The Morgan fingerprint density at radius 2 is 2.00 bits per heavy atom. The molecule has 0 saturated carbocycles. The van der Waals surface area contributed by atoms with Crippen molar-refractivity contribution in [1.29, 1.82) is 0 Å². The highest BCUT2D eigenvalue weighted by Crippen LogP contribution is 2.28. The Balaban J connectivity index is 2.10. The first-order valence-corrected chi connectivity index (χ1v) is 6.17. The Labute approximate surface area is 105 Å². The third-order valence-corrected chi connectivity index (χ3v) is 3.47. The van der Waals surface area contributed by atoms with E-state index < -0.39 is 11.6 Å². The van der Waals surface area contributed by atoms with Gasteiger partial charge >= 0.3 is 0 Å². The summed E-state index contributed by atoms with van der Waals surface area (Å²) in [5, 5.41) is 2.99. The van der Waals surface area contributed by atoms with Gasteiger partial charge in [-0.2, -0.15) is 0 Å². The second-order valence-electron chi connectivity index (χ2n) is 4.71. The smallest absolute Gasteiger partial charge is 0.183 e. The Hall–Kier alpha value is -1.36. The van der Waals surface area contributed by atoms with Crippen molar-refractivity contribution >= 4 is 11.4 Å². The number of anilines is 2. The van der Waals surface area contributed by atoms with E-state index in [4.69, 9.17) is 10.5 Å². The first-order valence-electron chi connectivity index (χ1n) is 6.17. The largest absolute Gasteiger partial charge is 0.397 e. The van der Waals surface area contributed by atoms with E-state index in [9.17, 15) is 8.78 Å². The first kappa shape index (κ1) is 13.1. The molecule has 1 saturated heterocycles. The van der Waals surface area contributed by atoms with Crippen molar-refractivity contribution in [3.8, 4) is 0 Å². The zero-order valence-electron chi connectivity index (χ0n) is 10.4. The van der Waals surface area contributed by atoms with Gasteiger partial charge < -0.3 is 15.8 Å². The highest BCUT2D eigenvalue weighted by atomic mass is 19.2. The molecule has 1 aliphatic rings. The fourth-order valence-corrected chi connectivity index (χ4v) is 2.27. The van der Waals surface area contributed by atoms with Gasteiger partial charge in [0.2, 0.25) is 0 Å². The molecule has 5 heteroatoms. The number of ether oxygens (including phenoxy) is 1. The van der Waals surface area contributed by atoms with E-state index >= 15 is 0 Å². The van der Waals surface area contributed by atoms with Crippen molar-refractivity contribution < 1.29 is 13.5 Å². The van der Waals surface area contributed by atoms with Gasteiger partial charge in [-0.1, -0.05) is 0 Å². The maximum atomic E-state index is 13.6. The molecule has 1 fully saturated rings. The lowest BCUT2D eigenvalue weighted by Gasteiger charge is -2.29. The van der Waals surface area contributed by atoms with Gasteiger partial charge in [0.05, 0.1) is 11.4 Å². The molecule has 1 atom stereocenters. The van der Waals surface area contributed by atoms with Crippen LogP contribution in [-0.4, -0.2) is 19.3 Å². The summed E-state index contributed by atoms with van der Waals surface area (Å²) >= 11 is 0. The zero-order chi connectivity index (χ0) is 13.1. The van der Waals surface area contributed by atoms with Crippen LogP contribution in [0.25, 0.3) is 0 Å². The lowest BCUT2D eigenvalue weighted by molar-refractivity contribution is 0.0622. The molecule has 3 nitrogen and oxygen atoms in total. The van der Waals surface area contributed by atoms with E-state index in [0.29, 0.717) is 5.92 Å². The second kappa shape index (κ2) is 5.52. The third kappa shape index (κ3) is 2.72. The normalized spacial score (nSPS) is 18.6. The summed E-state index contributed by atoms with van der Waals surface area (Å²) in [6.07, 6.45) is 1.84. The summed E-state index contributed by atoms with van der Waals surface area (Å²) in [7, 11) is 0. The summed E-state index contributed by atoms with van der Waals surface area (Å²) in [5.74, 6) is -1.40. The van der Waals surface area contributed by atoms with E-state index in [2.05, 4.69) is 5.32 Å². The molecule has 0 aliphatic carbocycles. The molecule has 0 amide bonds. The molecule has 0 radical (unpaired) electrons. The van der Waals surface area contributed by atoms with Crippen molar-refractivity contribution in [1.82, 2.24) is 0 Å². The highest BCUT2D eigenvalue weighted by Gasteiger charge is 2.22. The predicted molar refractivity (Wildman–Crippen MR) is 67.4 cm³/mol. The minimum Gasteiger partial charge on any atom is -0.397 e. The summed E-state index contributed by atoms with van der Waals surface area (Å²) in [5.41, 5.74) is 5.97. The second-order valence-corrected chi connectivity index (χ2v) is 4.71. The number of benzene rings is 1. The van der Waals surface area contributed by atoms with Crippen molar-refractivity contribution in [3.05, 3.63) is 23.8 Å². The minimum absolute atomic E-state index is 0.0347. The van der Waals surface area contributed by atoms with Crippen molar-refractivity contribution in [2.45, 2.75) is 25.8 Å². The number of rotatable bonds is 3. The van der Waals surface area contributed by atoms with Gasteiger partial charge in [0, 0.05) is 19.3 Å². The zero-order valence-corrected chi connectivity index (χ0v) is 10.4. The van der Waals surface area contributed by atoms with Gasteiger partial charge in [-0.05, 0) is 37.8 Å². The van der Waals surface area contributed by atoms with Crippen molar-refractivity contribution in [2.75, 3.05) is 24.3 Å². The fourth-order valence-electron chi connectivity index (χ4n) is 2.27. The highest BCUT2D eigenvalue weighted by molar-refractivity contribution is 5.67. The summed E-state index contributed by atoms with van der Waals surface area (Å²) in [6, 6.07) is 2.44. The van der Waals surface area contributed by atoms with Crippen LogP contribution in [0.5, 0.6) is 0 Å². The number of hydrogen-bond acceptors (Lipinski definition) is 3. The number of nitrogens with one attached hydrogen (secondary N) is 1. The van der Waals surface area contributed by atoms with Crippen LogP contribution in [0, 0.1) is 17.6 Å². The summed E-state index contributed by atoms with van der Waals surface area (Å²) in [4.78, 5) is 0. The number of halogens is 2. The molecule has 1 aromatic carbocycles. The molecule has 1 aromatic rings. The molecular weight excluding hydrogens is 238 g/mol. The number of nitrogen functional groups attached to an aromatic ring is 1. The minimum atomic E-state index is -0.908. The number of nitrogens with two attached hydrogens (primary N) is 1. The lowest BCUT2D eigenvalue weighted by atomic mass is 9.92. The van der Waals surface area contributed by atoms with Crippen molar-refractivity contribution in [3.63, 3.8) is 0 Å². The topological polar surface area (TPSA) is 47.3 Å². The quantitative estimate of drug-likeness (QED) is 0.817. The Morgan fingerprint density at radius 1 is 1.33 bits per heavy atom. The van der Waals surface area contributed by atoms with Gasteiger partial charge in [-0.25, -0.2) is 8.78 Å². The Bertz CT molecular complexity index is 420.